The zero-order valence-corrected chi connectivity index (χ0v) is 17.1. The molecule has 4 nitrogen and oxygen atoms in total. The van der Waals surface area contributed by atoms with E-state index in [0.717, 1.165) is 16.7 Å². The molecule has 0 aromatic heterocycles. The minimum absolute atomic E-state index is 0.106. The molecule has 1 aliphatic rings. The second kappa shape index (κ2) is 9.51. The van der Waals surface area contributed by atoms with Crippen LogP contribution in [0.3, 0.4) is 0 Å². The molecule has 0 saturated carbocycles. The van der Waals surface area contributed by atoms with Gasteiger partial charge < -0.3 is 13.8 Å². The van der Waals surface area contributed by atoms with Crippen molar-refractivity contribution in [1.29, 1.82) is 0 Å². The van der Waals surface area contributed by atoms with Crippen molar-refractivity contribution in [1.82, 2.24) is 0 Å². The molecule has 5 heteroatoms. The normalized spacial score (nSPS) is 17.0. The number of hydrogen-bond donors (Lipinski definition) is 0. The van der Waals surface area contributed by atoms with Crippen LogP contribution in [0.25, 0.3) is 0 Å². The molecule has 0 amide bonds. The van der Waals surface area contributed by atoms with Gasteiger partial charge in [0, 0.05) is 0 Å². The van der Waals surface area contributed by atoms with Crippen LogP contribution in [0.15, 0.2) is 91.0 Å². The molecule has 2 atom stereocenters. The molecule has 2 unspecified atom stereocenters. The highest BCUT2D eigenvalue weighted by Crippen LogP contribution is 2.64. The number of rotatable bonds is 10. The molecular weight excluding hydrogens is 383 g/mol. The average Bonchev–Trinajstić information content (AvgIpc) is 3.61. The Balaban J connectivity index is 1.59. The Morgan fingerprint density at radius 2 is 1.24 bits per heavy atom. The van der Waals surface area contributed by atoms with E-state index in [1.54, 1.807) is 0 Å². The molecule has 1 saturated heterocycles. The predicted octanol–water partition coefficient (Wildman–Crippen LogP) is 6.14. The second-order valence-electron chi connectivity index (χ2n) is 7.18. The van der Waals surface area contributed by atoms with Gasteiger partial charge in [-0.1, -0.05) is 91.0 Å². The first-order valence-electron chi connectivity index (χ1n) is 9.86. The fourth-order valence-electron chi connectivity index (χ4n) is 3.27. The Labute approximate surface area is 172 Å². The van der Waals surface area contributed by atoms with Crippen molar-refractivity contribution in [3.63, 3.8) is 0 Å². The van der Waals surface area contributed by atoms with Gasteiger partial charge in [0.25, 0.3) is 0 Å². The van der Waals surface area contributed by atoms with Crippen LogP contribution < -0.4 is 0 Å². The highest BCUT2D eigenvalue weighted by molar-refractivity contribution is 7.54. The third-order valence-corrected chi connectivity index (χ3v) is 7.21. The van der Waals surface area contributed by atoms with Crippen molar-refractivity contribution >= 4 is 7.60 Å². The highest BCUT2D eigenvalue weighted by atomic mass is 31.2. The van der Waals surface area contributed by atoms with Crippen molar-refractivity contribution in [2.75, 3.05) is 6.61 Å². The maximum absolute atomic E-state index is 14.1. The van der Waals surface area contributed by atoms with E-state index in [1.807, 2.05) is 91.0 Å². The molecule has 0 N–H and O–H groups in total. The monoisotopic (exact) mass is 408 g/mol. The van der Waals surface area contributed by atoms with Crippen LogP contribution in [0.2, 0.25) is 0 Å². The largest absolute Gasteiger partial charge is 0.373 e. The lowest BCUT2D eigenvalue weighted by molar-refractivity contribution is 0.181. The summed E-state index contributed by atoms with van der Waals surface area (Å²) in [6.07, 6.45) is 0.722. The van der Waals surface area contributed by atoms with Gasteiger partial charge in [-0.2, -0.15) is 0 Å². The standard InChI is InChI=1S/C24H25O4P/c25-29(27-17-20-10-4-1-5-11-20,28-18-21-12-6-2-7-13-21)24(16-23-19-26-23)22-14-8-3-9-15-22/h1-15,23-24H,16-19H2. The smallest absolute Gasteiger partial charge is 0.338 e. The Morgan fingerprint density at radius 1 is 0.793 bits per heavy atom. The number of ether oxygens (including phenoxy) is 1. The van der Waals surface area contributed by atoms with Gasteiger partial charge in [-0.05, 0) is 23.1 Å². The van der Waals surface area contributed by atoms with Gasteiger partial charge in [0.1, 0.15) is 0 Å². The van der Waals surface area contributed by atoms with E-state index < -0.39 is 7.60 Å². The minimum Gasteiger partial charge on any atom is -0.373 e. The molecule has 4 rings (SSSR count). The summed E-state index contributed by atoms with van der Waals surface area (Å²) in [6, 6.07) is 29.4. The van der Waals surface area contributed by atoms with Gasteiger partial charge in [0.05, 0.1) is 31.6 Å². The molecule has 1 fully saturated rings. The first-order valence-corrected chi connectivity index (χ1v) is 11.5. The van der Waals surface area contributed by atoms with E-state index in [1.165, 1.54) is 0 Å². The van der Waals surface area contributed by atoms with Gasteiger partial charge in [0.15, 0.2) is 0 Å². The fraction of sp³-hybridized carbons (Fsp3) is 0.250. The molecule has 0 spiro atoms. The third-order valence-electron chi connectivity index (χ3n) is 4.96. The van der Waals surface area contributed by atoms with Crippen molar-refractivity contribution < 1.29 is 18.3 Å². The van der Waals surface area contributed by atoms with E-state index in [4.69, 9.17) is 13.8 Å². The Morgan fingerprint density at radius 3 is 1.69 bits per heavy atom. The van der Waals surface area contributed by atoms with E-state index in [0.29, 0.717) is 13.0 Å². The van der Waals surface area contributed by atoms with Crippen LogP contribution >= 0.6 is 7.60 Å². The number of epoxide rings is 1. The molecule has 0 aliphatic carbocycles. The van der Waals surface area contributed by atoms with Crippen molar-refractivity contribution in [3.8, 4) is 0 Å². The van der Waals surface area contributed by atoms with Crippen LogP contribution in [0.5, 0.6) is 0 Å². The van der Waals surface area contributed by atoms with E-state index >= 15 is 0 Å². The van der Waals surface area contributed by atoms with Gasteiger partial charge in [0.2, 0.25) is 0 Å². The topological polar surface area (TPSA) is 48.1 Å². The summed E-state index contributed by atoms with van der Waals surface area (Å²) in [7, 11) is -3.48. The Hall–Kier alpha value is -2.23. The summed E-state index contributed by atoms with van der Waals surface area (Å²) in [6.45, 7) is 1.17. The summed E-state index contributed by atoms with van der Waals surface area (Å²) < 4.78 is 31.7. The summed E-state index contributed by atoms with van der Waals surface area (Å²) in [4.78, 5) is 0. The van der Waals surface area contributed by atoms with Crippen LogP contribution in [0, 0.1) is 0 Å². The first-order chi connectivity index (χ1) is 14.2. The quantitative estimate of drug-likeness (QED) is 0.298. The number of benzene rings is 3. The molecule has 3 aromatic carbocycles. The lowest BCUT2D eigenvalue weighted by Gasteiger charge is -2.27. The predicted molar refractivity (Wildman–Crippen MR) is 114 cm³/mol. The number of hydrogen-bond acceptors (Lipinski definition) is 4. The van der Waals surface area contributed by atoms with E-state index in [2.05, 4.69) is 0 Å². The zero-order chi connectivity index (χ0) is 19.9. The second-order valence-corrected chi connectivity index (χ2v) is 9.39. The molecule has 0 radical (unpaired) electrons. The van der Waals surface area contributed by atoms with Crippen LogP contribution in [0.4, 0.5) is 0 Å². The average molecular weight is 408 g/mol. The Bertz CT molecular complexity index is 879. The van der Waals surface area contributed by atoms with Crippen LogP contribution in [-0.4, -0.2) is 12.7 Å². The van der Waals surface area contributed by atoms with Gasteiger partial charge in [-0.15, -0.1) is 0 Å². The van der Waals surface area contributed by atoms with Gasteiger partial charge in [-0.3, -0.25) is 4.57 Å². The summed E-state index contributed by atoms with van der Waals surface area (Å²) in [5, 5.41) is 0. The zero-order valence-electron chi connectivity index (χ0n) is 16.2. The molecule has 3 aromatic rings. The van der Waals surface area contributed by atoms with Gasteiger partial charge in [-0.25, -0.2) is 0 Å². The van der Waals surface area contributed by atoms with Crippen molar-refractivity contribution in [2.24, 2.45) is 0 Å². The molecule has 150 valence electrons. The third kappa shape index (κ3) is 5.65. The maximum Gasteiger partial charge on any atom is 0.338 e. The van der Waals surface area contributed by atoms with E-state index in [-0.39, 0.29) is 25.0 Å². The maximum atomic E-state index is 14.1. The lowest BCUT2D eigenvalue weighted by Crippen LogP contribution is -2.10. The molecule has 1 heterocycles. The van der Waals surface area contributed by atoms with Crippen LogP contribution in [-0.2, 0) is 31.6 Å². The molecule has 29 heavy (non-hydrogen) atoms. The Kier molecular flexibility index (Phi) is 6.58. The van der Waals surface area contributed by atoms with E-state index in [9.17, 15) is 4.57 Å². The summed E-state index contributed by atoms with van der Waals surface area (Å²) in [5.41, 5.74) is 2.51. The van der Waals surface area contributed by atoms with Crippen LogP contribution in [0.1, 0.15) is 28.8 Å². The first kappa shape index (κ1) is 20.1. The molecule has 0 bridgehead atoms. The van der Waals surface area contributed by atoms with Crippen molar-refractivity contribution in [2.45, 2.75) is 31.4 Å². The summed E-state index contributed by atoms with van der Waals surface area (Å²) in [5.74, 6) is 0. The molecule has 1 aliphatic heterocycles. The molecular formula is C24H25O4P. The van der Waals surface area contributed by atoms with Gasteiger partial charge >= 0.3 is 7.60 Å². The SMILES string of the molecule is O=P(OCc1ccccc1)(OCc1ccccc1)C(CC1CO1)c1ccccc1. The lowest BCUT2D eigenvalue weighted by atomic mass is 10.1. The fourth-order valence-corrected chi connectivity index (χ4v) is 5.39. The summed E-state index contributed by atoms with van der Waals surface area (Å²) >= 11 is 0. The van der Waals surface area contributed by atoms with Crippen molar-refractivity contribution in [3.05, 3.63) is 108 Å². The highest BCUT2D eigenvalue weighted by Gasteiger charge is 2.41. The minimum atomic E-state index is -3.48.